The lowest BCUT2D eigenvalue weighted by Gasteiger charge is -2.03. The number of hydrazine groups is 1. The van der Waals surface area contributed by atoms with Crippen LogP contribution in [0, 0.1) is 13.8 Å². The number of hydrogen-bond donors (Lipinski definition) is 2. The van der Waals surface area contributed by atoms with Gasteiger partial charge in [-0.1, -0.05) is 11.6 Å². The van der Waals surface area contributed by atoms with E-state index in [9.17, 15) is 4.79 Å². The Morgan fingerprint density at radius 2 is 2.10 bits per heavy atom. The second kappa shape index (κ2) is 5.10. The van der Waals surface area contributed by atoms with Crippen molar-refractivity contribution in [2.75, 3.05) is 0 Å². The molecule has 108 valence electrons. The Hall–Kier alpha value is -2.53. The van der Waals surface area contributed by atoms with E-state index < -0.39 is 0 Å². The van der Waals surface area contributed by atoms with Crippen LogP contribution in [0.3, 0.4) is 0 Å². The van der Waals surface area contributed by atoms with Gasteiger partial charge in [-0.05, 0) is 43.5 Å². The van der Waals surface area contributed by atoms with Crippen LogP contribution in [0.1, 0.15) is 27.4 Å². The van der Waals surface area contributed by atoms with Gasteiger partial charge in [-0.3, -0.25) is 10.2 Å². The van der Waals surface area contributed by atoms with Crippen LogP contribution in [-0.4, -0.2) is 10.5 Å². The number of aromatic nitrogens is 1. The molecule has 3 N–H and O–H groups in total. The van der Waals surface area contributed by atoms with Crippen LogP contribution in [0.5, 0.6) is 0 Å². The maximum atomic E-state index is 11.6. The summed E-state index contributed by atoms with van der Waals surface area (Å²) in [5.74, 6) is 6.12. The topological polar surface area (TPSA) is 73.2 Å². The zero-order chi connectivity index (χ0) is 15.0. The number of hydrogen-bond acceptors (Lipinski definition) is 3. The van der Waals surface area contributed by atoms with E-state index in [-0.39, 0.29) is 5.91 Å². The van der Waals surface area contributed by atoms with Crippen molar-refractivity contribution in [1.29, 1.82) is 0 Å². The zero-order valence-electron chi connectivity index (χ0n) is 12.0. The molecule has 0 aliphatic rings. The average molecular weight is 283 g/mol. The van der Waals surface area contributed by atoms with Gasteiger partial charge < -0.3 is 8.98 Å². The standard InChI is InChI=1S/C16H17N3O2/c1-10-3-4-15-12(7-10)5-6-19(15)9-13-8-14(11(2)21-13)16(20)18-17/h3-8H,9,17H2,1-2H3,(H,18,20). The van der Waals surface area contributed by atoms with E-state index in [1.54, 1.807) is 13.0 Å². The number of nitrogens with two attached hydrogens (primary N) is 1. The molecule has 21 heavy (non-hydrogen) atoms. The van der Waals surface area contributed by atoms with Crippen LogP contribution in [0.25, 0.3) is 10.9 Å². The predicted molar refractivity (Wildman–Crippen MR) is 80.9 cm³/mol. The molecule has 0 spiro atoms. The Bertz CT molecular complexity index is 814. The van der Waals surface area contributed by atoms with Crippen molar-refractivity contribution in [2.24, 2.45) is 5.84 Å². The van der Waals surface area contributed by atoms with Gasteiger partial charge in [-0.25, -0.2) is 5.84 Å². The van der Waals surface area contributed by atoms with E-state index in [0.717, 1.165) is 11.3 Å². The summed E-state index contributed by atoms with van der Waals surface area (Å²) in [6.07, 6.45) is 2.02. The van der Waals surface area contributed by atoms with E-state index in [4.69, 9.17) is 10.3 Å². The zero-order valence-corrected chi connectivity index (χ0v) is 12.0. The smallest absolute Gasteiger partial charge is 0.268 e. The Labute approximate surface area is 122 Å². The summed E-state index contributed by atoms with van der Waals surface area (Å²) in [6, 6.07) is 10.1. The van der Waals surface area contributed by atoms with Crippen LogP contribution in [0.4, 0.5) is 0 Å². The Morgan fingerprint density at radius 1 is 1.29 bits per heavy atom. The predicted octanol–water partition coefficient (Wildman–Crippen LogP) is 2.50. The molecule has 2 heterocycles. The maximum Gasteiger partial charge on any atom is 0.268 e. The summed E-state index contributed by atoms with van der Waals surface area (Å²) in [6.45, 7) is 4.40. The summed E-state index contributed by atoms with van der Waals surface area (Å²) in [5, 5.41) is 1.19. The van der Waals surface area contributed by atoms with Crippen LogP contribution in [0.15, 0.2) is 40.9 Å². The molecule has 0 saturated heterocycles. The Balaban J connectivity index is 1.94. The largest absolute Gasteiger partial charge is 0.464 e. The first kappa shape index (κ1) is 13.5. The van der Waals surface area contributed by atoms with Gasteiger partial charge >= 0.3 is 0 Å². The molecular formula is C16H17N3O2. The SMILES string of the molecule is Cc1ccc2c(ccn2Cc2cc(C(=O)NN)c(C)o2)c1. The summed E-state index contributed by atoms with van der Waals surface area (Å²) in [5.41, 5.74) is 4.97. The fourth-order valence-electron chi connectivity index (χ4n) is 2.55. The monoisotopic (exact) mass is 283 g/mol. The van der Waals surface area contributed by atoms with Crippen LogP contribution < -0.4 is 11.3 Å². The van der Waals surface area contributed by atoms with Gasteiger partial charge in [-0.2, -0.15) is 0 Å². The Kier molecular flexibility index (Phi) is 3.27. The summed E-state index contributed by atoms with van der Waals surface area (Å²) < 4.78 is 7.74. The normalized spacial score (nSPS) is 11.0. The number of rotatable bonds is 3. The van der Waals surface area contributed by atoms with Gasteiger partial charge in [-0.15, -0.1) is 0 Å². The maximum absolute atomic E-state index is 11.6. The lowest BCUT2D eigenvalue weighted by Crippen LogP contribution is -2.30. The number of carbonyl (C=O) groups is 1. The first-order chi connectivity index (χ1) is 10.1. The molecule has 0 unspecified atom stereocenters. The van der Waals surface area contributed by atoms with Crippen LogP contribution in [0.2, 0.25) is 0 Å². The summed E-state index contributed by atoms with van der Waals surface area (Å²) >= 11 is 0. The van der Waals surface area contributed by atoms with E-state index in [0.29, 0.717) is 17.9 Å². The van der Waals surface area contributed by atoms with E-state index in [1.165, 1.54) is 10.9 Å². The molecule has 3 aromatic rings. The van der Waals surface area contributed by atoms with E-state index in [2.05, 4.69) is 41.2 Å². The number of benzene rings is 1. The number of furan rings is 1. The van der Waals surface area contributed by atoms with Gasteiger partial charge in [0.15, 0.2) is 0 Å². The number of nitrogen functional groups attached to an aromatic ring is 1. The van der Waals surface area contributed by atoms with Gasteiger partial charge in [0.05, 0.1) is 12.1 Å². The minimum Gasteiger partial charge on any atom is -0.464 e. The molecule has 0 bridgehead atoms. The lowest BCUT2D eigenvalue weighted by atomic mass is 10.2. The molecule has 1 amide bonds. The highest BCUT2D eigenvalue weighted by Gasteiger charge is 2.14. The third kappa shape index (κ3) is 2.43. The molecule has 2 aromatic heterocycles. The molecule has 1 aromatic carbocycles. The molecule has 0 aliphatic carbocycles. The van der Waals surface area contributed by atoms with Crippen molar-refractivity contribution in [2.45, 2.75) is 20.4 Å². The van der Waals surface area contributed by atoms with Gasteiger partial charge in [0.25, 0.3) is 5.91 Å². The highest BCUT2D eigenvalue weighted by Crippen LogP contribution is 2.21. The quantitative estimate of drug-likeness (QED) is 0.440. The van der Waals surface area contributed by atoms with Crippen molar-refractivity contribution < 1.29 is 9.21 Å². The minimum atomic E-state index is -0.338. The van der Waals surface area contributed by atoms with E-state index >= 15 is 0 Å². The van der Waals surface area contributed by atoms with Crippen LogP contribution >= 0.6 is 0 Å². The highest BCUT2D eigenvalue weighted by molar-refractivity contribution is 5.94. The number of aryl methyl sites for hydroxylation is 2. The van der Waals surface area contributed by atoms with Crippen molar-refractivity contribution in [3.63, 3.8) is 0 Å². The molecule has 5 heteroatoms. The lowest BCUT2D eigenvalue weighted by molar-refractivity contribution is 0.0952. The molecular weight excluding hydrogens is 266 g/mol. The van der Waals surface area contributed by atoms with Crippen molar-refractivity contribution in [3.8, 4) is 0 Å². The van der Waals surface area contributed by atoms with Gasteiger partial charge in [0.1, 0.15) is 11.5 Å². The number of fused-ring (bicyclic) bond motifs is 1. The van der Waals surface area contributed by atoms with Crippen molar-refractivity contribution in [3.05, 3.63) is 59.2 Å². The molecule has 0 aliphatic heterocycles. The summed E-state index contributed by atoms with van der Waals surface area (Å²) in [7, 11) is 0. The Morgan fingerprint density at radius 3 is 2.86 bits per heavy atom. The second-order valence-corrected chi connectivity index (χ2v) is 5.16. The first-order valence-corrected chi connectivity index (χ1v) is 6.74. The number of amides is 1. The molecule has 0 fully saturated rings. The van der Waals surface area contributed by atoms with Crippen molar-refractivity contribution >= 4 is 16.8 Å². The number of carbonyl (C=O) groups excluding carboxylic acids is 1. The fraction of sp³-hybridized carbons (Fsp3) is 0.188. The van der Waals surface area contributed by atoms with Crippen LogP contribution in [-0.2, 0) is 6.54 Å². The molecule has 3 rings (SSSR count). The first-order valence-electron chi connectivity index (χ1n) is 6.74. The van der Waals surface area contributed by atoms with Crippen molar-refractivity contribution in [1.82, 2.24) is 9.99 Å². The summed E-state index contributed by atoms with van der Waals surface area (Å²) in [4.78, 5) is 11.6. The third-order valence-electron chi connectivity index (χ3n) is 3.60. The second-order valence-electron chi connectivity index (χ2n) is 5.16. The molecule has 0 saturated carbocycles. The molecule has 0 atom stereocenters. The van der Waals surface area contributed by atoms with E-state index in [1.807, 2.05) is 6.20 Å². The highest BCUT2D eigenvalue weighted by atomic mass is 16.3. The fourth-order valence-corrected chi connectivity index (χ4v) is 2.55. The minimum absolute atomic E-state index is 0.338. The average Bonchev–Trinajstić information content (AvgIpc) is 3.02. The molecule has 0 radical (unpaired) electrons. The van der Waals surface area contributed by atoms with Gasteiger partial charge in [0, 0.05) is 11.7 Å². The molecule has 5 nitrogen and oxygen atoms in total. The number of nitrogens with zero attached hydrogens (tertiary/aromatic N) is 1. The third-order valence-corrected chi connectivity index (χ3v) is 3.60. The number of nitrogens with one attached hydrogen (secondary N) is 1. The van der Waals surface area contributed by atoms with Gasteiger partial charge in [0.2, 0.25) is 0 Å².